The van der Waals surface area contributed by atoms with E-state index >= 15 is 0 Å². The molecule has 0 saturated heterocycles. The first-order valence-corrected chi connectivity index (χ1v) is 4.66. The lowest BCUT2D eigenvalue weighted by Gasteiger charge is -2.03. The van der Waals surface area contributed by atoms with Crippen molar-refractivity contribution in [2.45, 2.75) is 13.8 Å². The van der Waals surface area contributed by atoms with E-state index in [4.69, 9.17) is 4.74 Å². The minimum Gasteiger partial charge on any atom is -0.489 e. The van der Waals surface area contributed by atoms with Crippen LogP contribution in [0.3, 0.4) is 0 Å². The molecule has 0 bridgehead atoms. The van der Waals surface area contributed by atoms with Crippen LogP contribution in [0.1, 0.15) is 12.5 Å². The molecular weight excluding hydrogens is 160 g/mol. The Morgan fingerprint density at radius 3 is 2.38 bits per heavy atom. The number of rotatable bonds is 3. The highest BCUT2D eigenvalue weighted by Gasteiger charge is 2.18. The zero-order valence-corrected chi connectivity index (χ0v) is 8.08. The minimum atomic E-state index is 0.672. The molecule has 0 N–H and O–H groups in total. The number of aryl methyl sites for hydroxylation is 1. The molecule has 1 aromatic carbocycles. The van der Waals surface area contributed by atoms with Gasteiger partial charge in [-0.2, -0.15) is 0 Å². The van der Waals surface area contributed by atoms with Gasteiger partial charge < -0.3 is 4.74 Å². The number of benzene rings is 1. The molecule has 0 aromatic heterocycles. The van der Waals surface area contributed by atoms with Gasteiger partial charge in [-0.25, -0.2) is 0 Å². The van der Waals surface area contributed by atoms with E-state index in [0.717, 1.165) is 12.4 Å². The van der Waals surface area contributed by atoms with Gasteiger partial charge >= 0.3 is 0 Å². The summed E-state index contributed by atoms with van der Waals surface area (Å²) in [5.41, 5.74) is 2.69. The third kappa shape index (κ3) is 2.11. The molecule has 13 heavy (non-hydrogen) atoms. The van der Waals surface area contributed by atoms with Crippen LogP contribution in [0.15, 0.2) is 35.9 Å². The predicted molar refractivity (Wildman–Crippen MR) is 53.9 cm³/mol. The largest absolute Gasteiger partial charge is 0.489 e. The number of hydrogen-bond acceptors (Lipinski definition) is 1. The first-order chi connectivity index (χ1) is 6.25. The first kappa shape index (κ1) is 8.36. The van der Waals surface area contributed by atoms with Gasteiger partial charge in [0.2, 0.25) is 0 Å². The molecule has 0 heterocycles. The summed E-state index contributed by atoms with van der Waals surface area (Å²) in [6, 6.07) is 8.17. The van der Waals surface area contributed by atoms with E-state index in [9.17, 15) is 0 Å². The van der Waals surface area contributed by atoms with E-state index in [1.54, 1.807) is 0 Å². The summed E-state index contributed by atoms with van der Waals surface area (Å²) in [6.45, 7) is 5.02. The van der Waals surface area contributed by atoms with Crippen molar-refractivity contribution in [3.8, 4) is 5.75 Å². The Balaban J connectivity index is 1.88. The summed E-state index contributed by atoms with van der Waals surface area (Å²) in [5, 5.41) is 0. The van der Waals surface area contributed by atoms with Crippen LogP contribution in [0.5, 0.6) is 5.75 Å². The predicted octanol–water partition coefficient (Wildman–Crippen LogP) is 2.95. The zero-order chi connectivity index (χ0) is 9.26. The molecule has 1 nitrogen and oxygen atoms in total. The van der Waals surface area contributed by atoms with Gasteiger partial charge in [0.25, 0.3) is 0 Å². The Labute approximate surface area is 79.0 Å². The molecule has 1 aliphatic carbocycles. The molecule has 0 amide bonds. The van der Waals surface area contributed by atoms with Gasteiger partial charge in [-0.3, -0.25) is 0 Å². The van der Waals surface area contributed by atoms with Crippen molar-refractivity contribution < 1.29 is 4.74 Å². The molecule has 0 spiro atoms. The van der Waals surface area contributed by atoms with Gasteiger partial charge in [-0.1, -0.05) is 30.7 Å². The zero-order valence-electron chi connectivity index (χ0n) is 8.08. The van der Waals surface area contributed by atoms with Crippen LogP contribution < -0.4 is 4.74 Å². The fraction of sp³-hybridized carbons (Fsp3) is 0.333. The van der Waals surface area contributed by atoms with E-state index in [0.29, 0.717) is 5.92 Å². The lowest BCUT2D eigenvalue weighted by atomic mass is 10.2. The normalized spacial score (nSPS) is 19.5. The Hall–Kier alpha value is -1.24. The summed E-state index contributed by atoms with van der Waals surface area (Å²) >= 11 is 0. The average molecular weight is 174 g/mol. The van der Waals surface area contributed by atoms with Crippen LogP contribution in [-0.2, 0) is 0 Å². The number of ether oxygens (including phenoxy) is 1. The van der Waals surface area contributed by atoms with Crippen molar-refractivity contribution in [2.75, 3.05) is 6.61 Å². The highest BCUT2D eigenvalue weighted by Crippen LogP contribution is 2.28. The van der Waals surface area contributed by atoms with E-state index in [-0.39, 0.29) is 0 Å². The van der Waals surface area contributed by atoms with Crippen molar-refractivity contribution >= 4 is 0 Å². The molecule has 1 heteroatoms. The van der Waals surface area contributed by atoms with Crippen LogP contribution in [0.25, 0.3) is 0 Å². The topological polar surface area (TPSA) is 9.23 Å². The standard InChI is InChI=1S/C12H14O/c1-9-3-5-12(6-4-9)13-8-11-7-10(11)2/h3-7,10H,8H2,1-2H3. The maximum Gasteiger partial charge on any atom is 0.119 e. The van der Waals surface area contributed by atoms with Crippen LogP contribution in [-0.4, -0.2) is 6.61 Å². The van der Waals surface area contributed by atoms with Crippen molar-refractivity contribution in [1.82, 2.24) is 0 Å². The summed E-state index contributed by atoms with van der Waals surface area (Å²) in [4.78, 5) is 0. The van der Waals surface area contributed by atoms with Crippen LogP contribution in [0.4, 0.5) is 0 Å². The fourth-order valence-corrected chi connectivity index (χ4v) is 1.25. The second kappa shape index (κ2) is 3.25. The second-order valence-electron chi connectivity index (χ2n) is 3.63. The molecule has 2 rings (SSSR count). The van der Waals surface area contributed by atoms with Gasteiger partial charge in [0, 0.05) is 0 Å². The lowest BCUT2D eigenvalue weighted by molar-refractivity contribution is 0.352. The lowest BCUT2D eigenvalue weighted by Crippen LogP contribution is -1.96. The van der Waals surface area contributed by atoms with Gasteiger partial charge in [0.1, 0.15) is 12.4 Å². The first-order valence-electron chi connectivity index (χ1n) is 4.66. The van der Waals surface area contributed by atoms with Crippen LogP contribution in [0.2, 0.25) is 0 Å². The highest BCUT2D eigenvalue weighted by atomic mass is 16.5. The molecule has 0 aliphatic heterocycles. The smallest absolute Gasteiger partial charge is 0.119 e. The number of hydrogen-bond donors (Lipinski definition) is 0. The van der Waals surface area contributed by atoms with Crippen LogP contribution >= 0.6 is 0 Å². The average Bonchev–Trinajstić information content (AvgIpc) is 2.81. The Bertz CT molecular complexity index is 321. The molecule has 1 unspecified atom stereocenters. The second-order valence-corrected chi connectivity index (χ2v) is 3.63. The van der Waals surface area contributed by atoms with Crippen molar-refractivity contribution in [1.29, 1.82) is 0 Å². The summed E-state index contributed by atoms with van der Waals surface area (Å²) in [5.74, 6) is 1.64. The Kier molecular flexibility index (Phi) is 2.09. The Morgan fingerprint density at radius 1 is 1.23 bits per heavy atom. The van der Waals surface area contributed by atoms with E-state index in [2.05, 4.69) is 32.1 Å². The van der Waals surface area contributed by atoms with Gasteiger partial charge in [0.05, 0.1) is 0 Å². The third-order valence-electron chi connectivity index (χ3n) is 2.37. The molecule has 68 valence electrons. The van der Waals surface area contributed by atoms with Gasteiger partial charge in [-0.05, 0) is 30.5 Å². The summed E-state index contributed by atoms with van der Waals surface area (Å²) in [7, 11) is 0. The van der Waals surface area contributed by atoms with E-state index in [1.165, 1.54) is 11.1 Å². The highest BCUT2D eigenvalue weighted by molar-refractivity contribution is 5.31. The van der Waals surface area contributed by atoms with Crippen molar-refractivity contribution in [3.05, 3.63) is 41.5 Å². The monoisotopic (exact) mass is 174 g/mol. The van der Waals surface area contributed by atoms with E-state index < -0.39 is 0 Å². The van der Waals surface area contributed by atoms with Crippen molar-refractivity contribution in [2.24, 2.45) is 5.92 Å². The van der Waals surface area contributed by atoms with Gasteiger partial charge in [-0.15, -0.1) is 0 Å². The van der Waals surface area contributed by atoms with Crippen molar-refractivity contribution in [3.63, 3.8) is 0 Å². The molecule has 1 atom stereocenters. The molecular formula is C12H14O. The summed E-state index contributed by atoms with van der Waals surface area (Å²) < 4.78 is 5.59. The quantitative estimate of drug-likeness (QED) is 0.640. The molecule has 0 saturated carbocycles. The maximum atomic E-state index is 5.59. The Morgan fingerprint density at radius 2 is 1.85 bits per heavy atom. The van der Waals surface area contributed by atoms with Gasteiger partial charge in [0.15, 0.2) is 0 Å². The summed E-state index contributed by atoms with van der Waals surface area (Å²) in [6.07, 6.45) is 2.23. The molecule has 1 aromatic rings. The SMILES string of the molecule is Cc1ccc(OCC2=CC2C)cc1. The van der Waals surface area contributed by atoms with E-state index in [1.807, 2.05) is 12.1 Å². The molecule has 1 aliphatic rings. The minimum absolute atomic E-state index is 0.672. The molecule has 0 radical (unpaired) electrons. The van der Waals surface area contributed by atoms with Crippen LogP contribution in [0, 0.1) is 12.8 Å². The fourth-order valence-electron chi connectivity index (χ4n) is 1.25. The molecule has 0 fully saturated rings. The number of allylic oxidation sites excluding steroid dienone is 1. The maximum absolute atomic E-state index is 5.59. The third-order valence-corrected chi connectivity index (χ3v) is 2.37.